The minimum absolute atomic E-state index is 0.295. The Hall–Kier alpha value is -0.200. The first-order chi connectivity index (χ1) is 3.95. The molecule has 56 valence electrons. The summed E-state index contributed by atoms with van der Waals surface area (Å²) in [6.07, 6.45) is 0. The Balaban J connectivity index is 3.47. The molecule has 0 aliphatic carbocycles. The average molecular weight is 133 g/mol. The van der Waals surface area contributed by atoms with E-state index in [0.717, 1.165) is 0 Å². The smallest absolute Gasteiger partial charge is 0.130 e. The third kappa shape index (κ3) is 5.67. The lowest BCUT2D eigenvalue weighted by Gasteiger charge is -2.24. The second-order valence-electron chi connectivity index (χ2n) is 2.18. The van der Waals surface area contributed by atoms with E-state index in [9.17, 15) is 0 Å². The molecule has 0 saturated heterocycles. The summed E-state index contributed by atoms with van der Waals surface area (Å²) in [4.78, 5) is 0. The Kier molecular flexibility index (Phi) is 3.02. The van der Waals surface area contributed by atoms with Crippen molar-refractivity contribution < 1.29 is 0 Å². The van der Waals surface area contributed by atoms with Gasteiger partial charge in [-0.3, -0.25) is 5.84 Å². The Morgan fingerprint density at radius 2 is 1.78 bits per heavy atom. The zero-order chi connectivity index (χ0) is 7.49. The van der Waals surface area contributed by atoms with E-state index in [4.69, 9.17) is 23.0 Å². The first-order valence-corrected chi connectivity index (χ1v) is 2.82. The molecule has 0 radical (unpaired) electrons. The largest absolute Gasteiger partial charge is 0.300 e. The van der Waals surface area contributed by atoms with Crippen molar-refractivity contribution in [3.63, 3.8) is 0 Å². The van der Waals surface area contributed by atoms with Crippen LogP contribution in [0, 0.1) is 0 Å². The SMILES string of the molecule is CCN(N)CC(N)(N)N. The van der Waals surface area contributed by atoms with E-state index in [1.54, 1.807) is 0 Å². The first kappa shape index (κ1) is 8.80. The zero-order valence-corrected chi connectivity index (χ0v) is 5.67. The highest BCUT2D eigenvalue weighted by Gasteiger charge is 2.13. The van der Waals surface area contributed by atoms with E-state index < -0.39 is 5.79 Å². The fraction of sp³-hybridized carbons (Fsp3) is 1.00. The van der Waals surface area contributed by atoms with Gasteiger partial charge in [0, 0.05) is 6.54 Å². The summed E-state index contributed by atoms with van der Waals surface area (Å²) in [6, 6.07) is 0. The Bertz CT molecular complexity index is 75.5. The summed E-state index contributed by atoms with van der Waals surface area (Å²) in [5.74, 6) is 4.18. The number of rotatable bonds is 3. The summed E-state index contributed by atoms with van der Waals surface area (Å²) in [6.45, 7) is 2.88. The molecule has 0 rings (SSSR count). The molecule has 5 nitrogen and oxygen atoms in total. The van der Waals surface area contributed by atoms with Crippen molar-refractivity contribution in [3.8, 4) is 0 Å². The maximum absolute atomic E-state index is 5.35. The fourth-order valence-electron chi connectivity index (χ4n) is 0.464. The van der Waals surface area contributed by atoms with Crippen molar-refractivity contribution >= 4 is 0 Å². The van der Waals surface area contributed by atoms with E-state index >= 15 is 0 Å². The molecule has 0 spiro atoms. The number of hydrogen-bond donors (Lipinski definition) is 4. The monoisotopic (exact) mass is 133 g/mol. The molecule has 0 aromatic carbocycles. The average Bonchev–Trinajstić information content (AvgIpc) is 1.62. The van der Waals surface area contributed by atoms with Gasteiger partial charge in [-0.2, -0.15) is 0 Å². The van der Waals surface area contributed by atoms with Gasteiger partial charge in [0.05, 0.1) is 6.54 Å². The van der Waals surface area contributed by atoms with Gasteiger partial charge < -0.3 is 17.2 Å². The molecule has 0 saturated carbocycles. The Labute approximate surface area is 54.9 Å². The second kappa shape index (κ2) is 3.09. The Morgan fingerprint density at radius 3 is 1.89 bits per heavy atom. The van der Waals surface area contributed by atoms with Crippen LogP contribution in [0.2, 0.25) is 0 Å². The molecule has 0 heterocycles. The number of nitrogens with zero attached hydrogens (tertiary/aromatic N) is 1. The molecule has 0 unspecified atom stereocenters. The molecule has 0 bridgehead atoms. The minimum Gasteiger partial charge on any atom is -0.300 e. The van der Waals surface area contributed by atoms with Crippen LogP contribution in [0.4, 0.5) is 0 Å². The van der Waals surface area contributed by atoms with Gasteiger partial charge in [0.1, 0.15) is 5.79 Å². The topological polar surface area (TPSA) is 107 Å². The van der Waals surface area contributed by atoms with Crippen LogP contribution in [0.15, 0.2) is 0 Å². The van der Waals surface area contributed by atoms with Crippen molar-refractivity contribution in [1.29, 1.82) is 0 Å². The summed E-state index contributed by atoms with van der Waals surface area (Å²) >= 11 is 0. The molecule has 0 aliphatic heterocycles. The second-order valence-corrected chi connectivity index (χ2v) is 2.18. The molecule has 0 aromatic heterocycles. The standard InChI is InChI=1S/C4H15N5/c1-2-9(8)3-4(5,6)7/h2-3,5-8H2,1H3. The predicted molar refractivity (Wildman–Crippen MR) is 36.7 cm³/mol. The molecule has 0 fully saturated rings. The Morgan fingerprint density at radius 1 is 1.33 bits per heavy atom. The van der Waals surface area contributed by atoms with Gasteiger partial charge in [-0.15, -0.1) is 0 Å². The molecule has 0 atom stereocenters. The van der Waals surface area contributed by atoms with Crippen molar-refractivity contribution in [2.75, 3.05) is 13.1 Å². The maximum atomic E-state index is 5.35. The highest BCUT2D eigenvalue weighted by atomic mass is 15.4. The van der Waals surface area contributed by atoms with Crippen LogP contribution < -0.4 is 23.0 Å². The van der Waals surface area contributed by atoms with Gasteiger partial charge in [-0.05, 0) is 0 Å². The highest BCUT2D eigenvalue weighted by molar-refractivity contribution is 4.70. The minimum atomic E-state index is -1.18. The number of hydrogen-bond acceptors (Lipinski definition) is 5. The third-order valence-electron chi connectivity index (χ3n) is 0.883. The number of likely N-dealkylation sites (N-methyl/N-ethyl adjacent to an activating group) is 1. The lowest BCUT2D eigenvalue weighted by Crippen LogP contribution is -2.65. The molecule has 9 heavy (non-hydrogen) atoms. The van der Waals surface area contributed by atoms with Crippen LogP contribution in [0.3, 0.4) is 0 Å². The molecule has 5 heteroatoms. The van der Waals surface area contributed by atoms with Crippen molar-refractivity contribution in [1.82, 2.24) is 5.01 Å². The van der Waals surface area contributed by atoms with Gasteiger partial charge >= 0.3 is 0 Å². The summed E-state index contributed by atoms with van der Waals surface area (Å²) in [7, 11) is 0. The zero-order valence-electron chi connectivity index (χ0n) is 5.67. The van der Waals surface area contributed by atoms with Gasteiger partial charge in [0.15, 0.2) is 0 Å². The van der Waals surface area contributed by atoms with E-state index in [1.807, 2.05) is 6.92 Å². The van der Waals surface area contributed by atoms with Crippen LogP contribution in [0.1, 0.15) is 6.92 Å². The van der Waals surface area contributed by atoms with Crippen molar-refractivity contribution in [2.24, 2.45) is 23.0 Å². The van der Waals surface area contributed by atoms with Gasteiger partial charge in [0.2, 0.25) is 0 Å². The van der Waals surface area contributed by atoms with Crippen LogP contribution >= 0.6 is 0 Å². The molecule has 0 aliphatic rings. The van der Waals surface area contributed by atoms with Gasteiger partial charge in [-0.25, -0.2) is 5.01 Å². The molecule has 0 amide bonds. The molecular weight excluding hydrogens is 118 g/mol. The highest BCUT2D eigenvalue weighted by Crippen LogP contribution is 1.81. The summed E-state index contributed by atoms with van der Waals surface area (Å²) in [5.41, 5.74) is 15.7. The fourth-order valence-corrected chi connectivity index (χ4v) is 0.464. The van der Waals surface area contributed by atoms with E-state index in [0.29, 0.717) is 13.1 Å². The first-order valence-electron chi connectivity index (χ1n) is 2.82. The van der Waals surface area contributed by atoms with Crippen molar-refractivity contribution in [3.05, 3.63) is 0 Å². The predicted octanol–water partition coefficient (Wildman–Crippen LogP) is -2.29. The van der Waals surface area contributed by atoms with E-state index in [2.05, 4.69) is 0 Å². The van der Waals surface area contributed by atoms with E-state index in [1.165, 1.54) is 5.01 Å². The third-order valence-corrected chi connectivity index (χ3v) is 0.883. The van der Waals surface area contributed by atoms with E-state index in [-0.39, 0.29) is 0 Å². The molecule has 0 aromatic rings. The quantitative estimate of drug-likeness (QED) is 0.197. The van der Waals surface area contributed by atoms with Crippen molar-refractivity contribution in [2.45, 2.75) is 12.7 Å². The van der Waals surface area contributed by atoms with Crippen LogP contribution in [-0.2, 0) is 0 Å². The summed E-state index contributed by atoms with van der Waals surface area (Å²) in [5, 5.41) is 1.46. The maximum Gasteiger partial charge on any atom is 0.130 e. The van der Waals surface area contributed by atoms with Gasteiger partial charge in [-0.1, -0.05) is 6.92 Å². The lowest BCUT2D eigenvalue weighted by molar-refractivity contribution is 0.228. The normalized spacial score (nSPS) is 12.7. The molecular formula is C4H15N5. The van der Waals surface area contributed by atoms with Crippen LogP contribution in [0.5, 0.6) is 0 Å². The lowest BCUT2D eigenvalue weighted by atomic mass is 10.4. The van der Waals surface area contributed by atoms with Gasteiger partial charge in [0.25, 0.3) is 0 Å². The van der Waals surface area contributed by atoms with Crippen LogP contribution in [0.25, 0.3) is 0 Å². The number of nitrogens with two attached hydrogens (primary N) is 4. The summed E-state index contributed by atoms with van der Waals surface area (Å²) < 4.78 is 0. The number of hydrazine groups is 1. The molecule has 8 N–H and O–H groups in total. The van der Waals surface area contributed by atoms with Crippen LogP contribution in [-0.4, -0.2) is 23.9 Å².